The van der Waals surface area contributed by atoms with Gasteiger partial charge >= 0.3 is 0 Å². The second-order valence-electron chi connectivity index (χ2n) is 8.44. The molecule has 3 fully saturated rings. The van der Waals surface area contributed by atoms with Crippen molar-refractivity contribution in [2.75, 3.05) is 13.1 Å². The molecule has 0 aromatic heterocycles. The van der Waals surface area contributed by atoms with Crippen LogP contribution in [0, 0.1) is 17.8 Å². The number of nitrogens with zero attached hydrogens (tertiary/aromatic N) is 1. The molecule has 0 radical (unpaired) electrons. The maximum Gasteiger partial charge on any atom is 0.224 e. The third-order valence-corrected chi connectivity index (χ3v) is 9.08. The number of halogens is 2. The molecule has 2 aliphatic carbocycles. The van der Waals surface area contributed by atoms with Gasteiger partial charge in [0.1, 0.15) is 0 Å². The van der Waals surface area contributed by atoms with E-state index in [2.05, 4.69) is 5.32 Å². The van der Waals surface area contributed by atoms with E-state index in [-0.39, 0.29) is 30.2 Å². The van der Waals surface area contributed by atoms with E-state index in [1.54, 1.807) is 18.2 Å². The number of nitrogens with one attached hydrogen (secondary N) is 1. The lowest BCUT2D eigenvalue weighted by molar-refractivity contribution is -0.127. The summed E-state index contributed by atoms with van der Waals surface area (Å²) in [6.07, 6.45) is 6.22. The van der Waals surface area contributed by atoms with Crippen LogP contribution in [0.25, 0.3) is 0 Å². The molecule has 4 rings (SSSR count). The van der Waals surface area contributed by atoms with Crippen molar-refractivity contribution in [2.45, 2.75) is 50.3 Å². The number of sulfonamides is 1. The van der Waals surface area contributed by atoms with Crippen LogP contribution in [-0.4, -0.2) is 37.8 Å². The molecule has 1 heterocycles. The Hall–Kier alpha value is -0.820. The van der Waals surface area contributed by atoms with Gasteiger partial charge in [0.05, 0.1) is 11.7 Å². The van der Waals surface area contributed by atoms with Crippen LogP contribution < -0.4 is 5.32 Å². The zero-order chi connectivity index (χ0) is 19.9. The van der Waals surface area contributed by atoms with E-state index in [1.807, 2.05) is 0 Å². The third kappa shape index (κ3) is 4.20. The van der Waals surface area contributed by atoms with Crippen LogP contribution >= 0.6 is 23.2 Å². The van der Waals surface area contributed by atoms with Crippen molar-refractivity contribution >= 4 is 39.1 Å². The highest BCUT2D eigenvalue weighted by molar-refractivity contribution is 7.88. The highest BCUT2D eigenvalue weighted by Gasteiger charge is 2.41. The van der Waals surface area contributed by atoms with E-state index in [4.69, 9.17) is 23.2 Å². The SMILES string of the molecule is O=C(N[C@@H]1C[C@@H]2CC[C@@H]1C2)[C@@H]1CCCN(S(=O)(=O)Cc2c(Cl)cccc2Cl)C1. The third-order valence-electron chi connectivity index (χ3n) is 6.60. The molecule has 5 nitrogen and oxygen atoms in total. The maximum absolute atomic E-state index is 13.0. The molecule has 1 N–H and O–H groups in total. The minimum Gasteiger partial charge on any atom is -0.353 e. The lowest BCUT2D eigenvalue weighted by Crippen LogP contribution is -2.48. The van der Waals surface area contributed by atoms with Gasteiger partial charge in [-0.25, -0.2) is 12.7 Å². The first kappa shape index (κ1) is 20.5. The fourth-order valence-electron chi connectivity index (χ4n) is 5.08. The monoisotopic (exact) mass is 444 g/mol. The summed E-state index contributed by atoms with van der Waals surface area (Å²) in [5, 5.41) is 3.91. The number of carbonyl (C=O) groups is 1. The predicted octanol–water partition coefficient (Wildman–Crippen LogP) is 3.84. The van der Waals surface area contributed by atoms with Gasteiger partial charge in [0.15, 0.2) is 0 Å². The Morgan fingerprint density at radius 1 is 1.14 bits per heavy atom. The van der Waals surface area contributed by atoms with Crippen LogP contribution in [-0.2, 0) is 20.6 Å². The first-order valence-corrected chi connectivity index (χ1v) is 12.4. The molecule has 154 valence electrons. The highest BCUT2D eigenvalue weighted by Crippen LogP contribution is 2.44. The highest BCUT2D eigenvalue weighted by atomic mass is 35.5. The van der Waals surface area contributed by atoms with Crippen molar-refractivity contribution in [1.29, 1.82) is 0 Å². The second-order valence-corrected chi connectivity index (χ2v) is 11.2. The number of carbonyl (C=O) groups excluding carboxylic acids is 1. The van der Waals surface area contributed by atoms with Crippen LogP contribution in [0.2, 0.25) is 10.0 Å². The topological polar surface area (TPSA) is 66.5 Å². The van der Waals surface area contributed by atoms with Gasteiger partial charge in [-0.1, -0.05) is 35.7 Å². The van der Waals surface area contributed by atoms with Gasteiger partial charge in [0.2, 0.25) is 15.9 Å². The Morgan fingerprint density at radius 2 is 1.89 bits per heavy atom. The number of piperidine rings is 1. The van der Waals surface area contributed by atoms with Crippen molar-refractivity contribution < 1.29 is 13.2 Å². The van der Waals surface area contributed by atoms with Crippen molar-refractivity contribution in [2.24, 2.45) is 17.8 Å². The first-order valence-electron chi connectivity index (χ1n) is 10.0. The molecule has 0 spiro atoms. The number of hydrogen-bond acceptors (Lipinski definition) is 3. The Morgan fingerprint density at radius 3 is 2.54 bits per heavy atom. The Kier molecular flexibility index (Phi) is 5.94. The smallest absolute Gasteiger partial charge is 0.224 e. The summed E-state index contributed by atoms with van der Waals surface area (Å²) in [6, 6.07) is 5.25. The van der Waals surface area contributed by atoms with Crippen molar-refractivity contribution in [3.63, 3.8) is 0 Å². The molecule has 1 aliphatic heterocycles. The summed E-state index contributed by atoms with van der Waals surface area (Å²) >= 11 is 12.3. The van der Waals surface area contributed by atoms with Crippen LogP contribution in [0.4, 0.5) is 0 Å². The first-order chi connectivity index (χ1) is 13.3. The second kappa shape index (κ2) is 8.13. The van der Waals surface area contributed by atoms with Gasteiger partial charge in [0, 0.05) is 34.7 Å². The Balaban J connectivity index is 1.40. The van der Waals surface area contributed by atoms with Crippen molar-refractivity contribution in [3.05, 3.63) is 33.8 Å². The van der Waals surface area contributed by atoms with Gasteiger partial charge in [-0.15, -0.1) is 0 Å². The quantitative estimate of drug-likeness (QED) is 0.749. The summed E-state index contributed by atoms with van der Waals surface area (Å²) in [7, 11) is -3.60. The molecule has 1 aromatic carbocycles. The minimum absolute atomic E-state index is 0.00762. The normalized spacial score (nSPS) is 30.5. The minimum atomic E-state index is -3.60. The Labute approximate surface area is 176 Å². The molecule has 0 unspecified atom stereocenters. The maximum atomic E-state index is 13.0. The zero-order valence-electron chi connectivity index (χ0n) is 15.7. The summed E-state index contributed by atoms with van der Waals surface area (Å²) in [5.74, 6) is 0.850. The van der Waals surface area contributed by atoms with Crippen LogP contribution in [0.1, 0.15) is 44.1 Å². The standard InChI is InChI=1S/C20H26Cl2N2O3S/c21-17-4-1-5-18(22)16(17)12-28(26,27)24-8-2-3-15(11-24)20(25)23-19-10-13-6-7-14(19)9-13/h1,4-5,13-15,19H,2-3,6-12H2,(H,23,25)/t13-,14-,15-,19-/m1/s1. The lowest BCUT2D eigenvalue weighted by atomic mass is 9.93. The van der Waals surface area contributed by atoms with Crippen LogP contribution in [0.5, 0.6) is 0 Å². The van der Waals surface area contributed by atoms with Crippen molar-refractivity contribution in [1.82, 2.24) is 9.62 Å². The fourth-order valence-corrected chi connectivity index (χ4v) is 7.44. The average molecular weight is 445 g/mol. The van der Waals surface area contributed by atoms with E-state index >= 15 is 0 Å². The fraction of sp³-hybridized carbons (Fsp3) is 0.650. The molecule has 1 saturated heterocycles. The molecule has 1 amide bonds. The molecule has 28 heavy (non-hydrogen) atoms. The molecule has 4 atom stereocenters. The number of hydrogen-bond donors (Lipinski definition) is 1. The zero-order valence-corrected chi connectivity index (χ0v) is 18.1. The number of rotatable bonds is 5. The molecule has 8 heteroatoms. The van der Waals surface area contributed by atoms with Gasteiger partial charge in [-0.05, 0) is 56.1 Å². The number of amides is 1. The number of fused-ring (bicyclic) bond motifs is 2. The molecule has 1 aromatic rings. The largest absolute Gasteiger partial charge is 0.353 e. The molecular weight excluding hydrogens is 419 g/mol. The average Bonchev–Trinajstić information content (AvgIpc) is 3.28. The van der Waals surface area contributed by atoms with Crippen LogP contribution in [0.15, 0.2) is 18.2 Å². The van der Waals surface area contributed by atoms with E-state index in [0.29, 0.717) is 34.5 Å². The van der Waals surface area contributed by atoms with Gasteiger partial charge < -0.3 is 5.32 Å². The molecule has 2 saturated carbocycles. The molecule has 3 aliphatic rings. The summed E-state index contributed by atoms with van der Waals surface area (Å²) in [5.41, 5.74) is 0.416. The van der Waals surface area contributed by atoms with E-state index in [9.17, 15) is 13.2 Å². The molecular formula is C20H26Cl2N2O3S. The molecule has 2 bridgehead atoms. The van der Waals surface area contributed by atoms with E-state index in [1.165, 1.54) is 23.6 Å². The van der Waals surface area contributed by atoms with Gasteiger partial charge in [-0.3, -0.25) is 4.79 Å². The number of benzene rings is 1. The van der Waals surface area contributed by atoms with Gasteiger partial charge in [0.25, 0.3) is 0 Å². The van der Waals surface area contributed by atoms with E-state index in [0.717, 1.165) is 18.8 Å². The predicted molar refractivity (Wildman–Crippen MR) is 111 cm³/mol. The summed E-state index contributed by atoms with van der Waals surface area (Å²) in [4.78, 5) is 12.8. The van der Waals surface area contributed by atoms with Gasteiger partial charge in [-0.2, -0.15) is 0 Å². The summed E-state index contributed by atoms with van der Waals surface area (Å²) < 4.78 is 27.3. The van der Waals surface area contributed by atoms with E-state index < -0.39 is 10.0 Å². The van der Waals surface area contributed by atoms with Crippen LogP contribution in [0.3, 0.4) is 0 Å². The lowest BCUT2D eigenvalue weighted by Gasteiger charge is -2.33. The Bertz CT molecular complexity index is 841. The van der Waals surface area contributed by atoms with Crippen molar-refractivity contribution in [3.8, 4) is 0 Å². The summed E-state index contributed by atoms with van der Waals surface area (Å²) in [6.45, 7) is 0.666.